The number of ether oxygens (including phenoxy) is 1. The van der Waals surface area contributed by atoms with Crippen LogP contribution in [0.3, 0.4) is 0 Å². The first-order chi connectivity index (χ1) is 14.2. The predicted octanol–water partition coefficient (Wildman–Crippen LogP) is 2.77. The second-order valence-electron chi connectivity index (χ2n) is 7.07. The number of benzene rings is 2. The molecule has 150 valence electrons. The normalized spacial score (nSPS) is 14.7. The van der Waals surface area contributed by atoms with Gasteiger partial charge in [-0.3, -0.25) is 9.69 Å². The molecule has 0 atom stereocenters. The Morgan fingerprint density at radius 1 is 0.966 bits per heavy atom. The summed E-state index contributed by atoms with van der Waals surface area (Å²) < 4.78 is 11.1. The molecule has 29 heavy (non-hydrogen) atoms. The van der Waals surface area contributed by atoms with Crippen molar-refractivity contribution in [2.45, 2.75) is 6.92 Å². The predicted molar refractivity (Wildman–Crippen MR) is 109 cm³/mol. The lowest BCUT2D eigenvalue weighted by atomic mass is 10.1. The second kappa shape index (κ2) is 8.98. The van der Waals surface area contributed by atoms with Gasteiger partial charge >= 0.3 is 0 Å². The molecule has 0 aliphatic carbocycles. The quantitative estimate of drug-likeness (QED) is 0.695. The van der Waals surface area contributed by atoms with E-state index in [0.29, 0.717) is 23.9 Å². The van der Waals surface area contributed by atoms with Crippen molar-refractivity contribution in [1.29, 1.82) is 0 Å². The molecular weight excluding hydrogens is 368 g/mol. The Morgan fingerprint density at radius 3 is 2.17 bits per heavy atom. The summed E-state index contributed by atoms with van der Waals surface area (Å²) in [6.07, 6.45) is 0. The Kier molecular flexibility index (Phi) is 5.97. The average Bonchev–Trinajstić information content (AvgIpc) is 3.25. The number of aromatic nitrogens is 2. The maximum atomic E-state index is 12.3. The molecule has 1 saturated heterocycles. The number of morpholine rings is 1. The molecule has 1 aromatic heterocycles. The van der Waals surface area contributed by atoms with Crippen LogP contribution in [0.4, 0.5) is 0 Å². The van der Waals surface area contributed by atoms with Gasteiger partial charge in [-0.05, 0) is 43.3 Å². The molecule has 0 radical (unpaired) electrons. The van der Waals surface area contributed by atoms with Gasteiger partial charge in [0.25, 0.3) is 5.91 Å². The maximum Gasteiger partial charge on any atom is 0.251 e. The van der Waals surface area contributed by atoms with E-state index in [0.717, 1.165) is 44.0 Å². The lowest BCUT2D eigenvalue weighted by Gasteiger charge is -2.26. The zero-order chi connectivity index (χ0) is 20.1. The van der Waals surface area contributed by atoms with Gasteiger partial charge in [-0.25, -0.2) is 0 Å². The fraction of sp³-hybridized carbons (Fsp3) is 0.318. The molecule has 1 aliphatic rings. The van der Waals surface area contributed by atoms with Crippen LogP contribution in [0.25, 0.3) is 22.9 Å². The summed E-state index contributed by atoms with van der Waals surface area (Å²) in [5, 5.41) is 11.2. The molecule has 1 aliphatic heterocycles. The second-order valence-corrected chi connectivity index (χ2v) is 7.07. The first-order valence-corrected chi connectivity index (χ1v) is 9.78. The molecule has 0 saturated carbocycles. The third kappa shape index (κ3) is 4.88. The number of amides is 1. The Balaban J connectivity index is 1.35. The van der Waals surface area contributed by atoms with Crippen LogP contribution in [0.2, 0.25) is 0 Å². The zero-order valence-electron chi connectivity index (χ0n) is 16.4. The van der Waals surface area contributed by atoms with E-state index in [9.17, 15) is 4.79 Å². The molecule has 2 heterocycles. The van der Waals surface area contributed by atoms with E-state index in [-0.39, 0.29) is 5.91 Å². The van der Waals surface area contributed by atoms with Crippen molar-refractivity contribution in [3.8, 4) is 22.9 Å². The monoisotopic (exact) mass is 392 g/mol. The Morgan fingerprint density at radius 2 is 1.55 bits per heavy atom. The van der Waals surface area contributed by atoms with E-state index < -0.39 is 0 Å². The van der Waals surface area contributed by atoms with Gasteiger partial charge < -0.3 is 14.5 Å². The van der Waals surface area contributed by atoms with Crippen LogP contribution in [-0.2, 0) is 4.74 Å². The summed E-state index contributed by atoms with van der Waals surface area (Å²) in [4.78, 5) is 14.6. The van der Waals surface area contributed by atoms with Gasteiger partial charge in [-0.1, -0.05) is 17.7 Å². The summed E-state index contributed by atoms with van der Waals surface area (Å²) in [5.74, 6) is 0.820. The number of nitrogens with one attached hydrogen (secondary N) is 1. The molecule has 0 bridgehead atoms. The van der Waals surface area contributed by atoms with E-state index in [4.69, 9.17) is 9.15 Å². The highest BCUT2D eigenvalue weighted by molar-refractivity contribution is 5.94. The van der Waals surface area contributed by atoms with Crippen molar-refractivity contribution in [3.63, 3.8) is 0 Å². The molecule has 1 amide bonds. The van der Waals surface area contributed by atoms with Gasteiger partial charge in [0.05, 0.1) is 13.2 Å². The van der Waals surface area contributed by atoms with Crippen LogP contribution >= 0.6 is 0 Å². The van der Waals surface area contributed by atoms with Crippen molar-refractivity contribution in [2.75, 3.05) is 39.4 Å². The molecule has 0 unspecified atom stereocenters. The molecule has 2 aromatic carbocycles. The Bertz CT molecular complexity index is 945. The minimum atomic E-state index is -0.0873. The largest absolute Gasteiger partial charge is 0.416 e. The first kappa shape index (κ1) is 19.3. The topological polar surface area (TPSA) is 80.5 Å². The number of carbonyl (C=O) groups excluding carboxylic acids is 1. The molecule has 1 N–H and O–H groups in total. The summed E-state index contributed by atoms with van der Waals surface area (Å²) in [5.41, 5.74) is 3.44. The highest BCUT2D eigenvalue weighted by Gasteiger charge is 2.13. The van der Waals surface area contributed by atoms with Crippen molar-refractivity contribution in [2.24, 2.45) is 0 Å². The summed E-state index contributed by atoms with van der Waals surface area (Å²) in [7, 11) is 0. The lowest BCUT2D eigenvalue weighted by molar-refractivity contribution is 0.0383. The van der Waals surface area contributed by atoms with Crippen LogP contribution in [0.15, 0.2) is 52.9 Å². The minimum absolute atomic E-state index is 0.0873. The van der Waals surface area contributed by atoms with E-state index in [1.54, 1.807) is 12.1 Å². The fourth-order valence-electron chi connectivity index (χ4n) is 3.17. The van der Waals surface area contributed by atoms with Crippen LogP contribution in [0.5, 0.6) is 0 Å². The standard InChI is InChI=1S/C22H24N4O3/c1-16-2-4-18(5-3-16)21-24-25-22(29-21)19-8-6-17(7-9-19)20(27)23-10-11-26-12-14-28-15-13-26/h2-9H,10-15H2,1H3,(H,23,27). The number of hydrogen-bond donors (Lipinski definition) is 1. The van der Waals surface area contributed by atoms with Crippen LogP contribution in [0, 0.1) is 6.92 Å². The molecule has 7 nitrogen and oxygen atoms in total. The third-order valence-electron chi connectivity index (χ3n) is 4.93. The highest BCUT2D eigenvalue weighted by atomic mass is 16.5. The van der Waals surface area contributed by atoms with Crippen molar-refractivity contribution < 1.29 is 13.9 Å². The molecule has 1 fully saturated rings. The van der Waals surface area contributed by atoms with Crippen molar-refractivity contribution in [3.05, 3.63) is 59.7 Å². The number of carbonyl (C=O) groups is 1. The van der Waals surface area contributed by atoms with Gasteiger partial charge in [0.2, 0.25) is 11.8 Å². The summed E-state index contributed by atoms with van der Waals surface area (Å²) >= 11 is 0. The molecule has 7 heteroatoms. The average molecular weight is 392 g/mol. The van der Waals surface area contributed by atoms with Gasteiger partial charge in [-0.15, -0.1) is 10.2 Å². The van der Waals surface area contributed by atoms with Crippen LogP contribution in [0.1, 0.15) is 15.9 Å². The number of hydrogen-bond acceptors (Lipinski definition) is 6. The molecule has 4 rings (SSSR count). The maximum absolute atomic E-state index is 12.3. The van der Waals surface area contributed by atoms with Crippen LogP contribution in [-0.4, -0.2) is 60.4 Å². The van der Waals surface area contributed by atoms with E-state index in [1.807, 2.05) is 43.3 Å². The Hall–Kier alpha value is -3.03. The fourth-order valence-corrected chi connectivity index (χ4v) is 3.17. The molecule has 0 spiro atoms. The van der Waals surface area contributed by atoms with Gasteiger partial charge in [0, 0.05) is 42.9 Å². The first-order valence-electron chi connectivity index (χ1n) is 9.78. The Labute approximate surface area is 169 Å². The van der Waals surface area contributed by atoms with Crippen molar-refractivity contribution in [1.82, 2.24) is 20.4 Å². The smallest absolute Gasteiger partial charge is 0.251 e. The summed E-state index contributed by atoms with van der Waals surface area (Å²) in [6.45, 7) is 6.83. The van der Waals surface area contributed by atoms with Crippen LogP contribution < -0.4 is 5.32 Å². The number of rotatable bonds is 6. The third-order valence-corrected chi connectivity index (χ3v) is 4.93. The summed E-state index contributed by atoms with van der Waals surface area (Å²) in [6, 6.07) is 15.1. The van der Waals surface area contributed by atoms with E-state index in [1.165, 1.54) is 5.56 Å². The SMILES string of the molecule is Cc1ccc(-c2nnc(-c3ccc(C(=O)NCCN4CCOCC4)cc3)o2)cc1. The highest BCUT2D eigenvalue weighted by Crippen LogP contribution is 2.24. The van der Waals surface area contributed by atoms with Gasteiger partial charge in [-0.2, -0.15) is 0 Å². The molecule has 3 aromatic rings. The van der Waals surface area contributed by atoms with E-state index >= 15 is 0 Å². The van der Waals surface area contributed by atoms with Crippen molar-refractivity contribution >= 4 is 5.91 Å². The number of nitrogens with zero attached hydrogens (tertiary/aromatic N) is 3. The lowest BCUT2D eigenvalue weighted by Crippen LogP contribution is -2.41. The number of aryl methyl sites for hydroxylation is 1. The van der Waals surface area contributed by atoms with Gasteiger partial charge in [0.15, 0.2) is 0 Å². The zero-order valence-corrected chi connectivity index (χ0v) is 16.4. The molecular formula is C22H24N4O3. The van der Waals surface area contributed by atoms with E-state index in [2.05, 4.69) is 20.4 Å². The minimum Gasteiger partial charge on any atom is -0.416 e. The van der Waals surface area contributed by atoms with Gasteiger partial charge in [0.1, 0.15) is 0 Å².